The Morgan fingerprint density at radius 3 is 1.75 bits per heavy atom. The second-order valence-electron chi connectivity index (χ2n) is 3.70. The van der Waals surface area contributed by atoms with Gasteiger partial charge in [-0.2, -0.15) is 0 Å². The van der Waals surface area contributed by atoms with E-state index in [9.17, 15) is 0 Å². The van der Waals surface area contributed by atoms with E-state index >= 15 is 0 Å². The SMILES string of the molecule is C[C@@H]1SC(=C2SC3=C(SCCS3)S2)S[C@H]1C. The molecule has 0 saturated carbocycles. The Bertz CT molecular complexity index is 340. The molecule has 3 heterocycles. The van der Waals surface area contributed by atoms with Gasteiger partial charge in [0.1, 0.15) is 0 Å². The molecule has 1 saturated heterocycles. The van der Waals surface area contributed by atoms with Crippen molar-refractivity contribution in [3.63, 3.8) is 0 Å². The molecule has 0 amide bonds. The Balaban J connectivity index is 1.78. The predicted octanol–water partition coefficient (Wildman–Crippen LogP) is 5.46. The summed E-state index contributed by atoms with van der Waals surface area (Å²) in [7, 11) is 0. The van der Waals surface area contributed by atoms with Gasteiger partial charge in [0, 0.05) is 22.0 Å². The zero-order valence-electron chi connectivity index (χ0n) is 9.02. The quantitative estimate of drug-likeness (QED) is 0.576. The fourth-order valence-corrected chi connectivity index (χ4v) is 10.9. The Hall–Kier alpha value is 1.58. The van der Waals surface area contributed by atoms with Crippen LogP contribution in [0.4, 0.5) is 0 Å². The first-order chi connectivity index (χ1) is 7.74. The minimum Gasteiger partial charge on any atom is -0.116 e. The number of thioether (sulfide) groups is 6. The van der Waals surface area contributed by atoms with Gasteiger partial charge < -0.3 is 0 Å². The Morgan fingerprint density at radius 1 is 0.750 bits per heavy atom. The fraction of sp³-hybridized carbons (Fsp3) is 0.600. The summed E-state index contributed by atoms with van der Waals surface area (Å²) in [6.07, 6.45) is 0. The third kappa shape index (κ3) is 2.48. The van der Waals surface area contributed by atoms with Gasteiger partial charge in [0.25, 0.3) is 0 Å². The lowest BCUT2D eigenvalue weighted by atomic mass is 10.4. The van der Waals surface area contributed by atoms with Crippen LogP contribution in [0.3, 0.4) is 0 Å². The van der Waals surface area contributed by atoms with Crippen LogP contribution in [0, 0.1) is 0 Å². The largest absolute Gasteiger partial charge is 0.116 e. The molecule has 0 bridgehead atoms. The molecule has 0 aliphatic carbocycles. The van der Waals surface area contributed by atoms with Gasteiger partial charge in [0.15, 0.2) is 0 Å². The number of hydrogen-bond acceptors (Lipinski definition) is 6. The number of hydrogen-bond donors (Lipinski definition) is 0. The zero-order chi connectivity index (χ0) is 11.1. The van der Waals surface area contributed by atoms with Crippen LogP contribution in [0.25, 0.3) is 0 Å². The van der Waals surface area contributed by atoms with Crippen molar-refractivity contribution in [1.29, 1.82) is 0 Å². The Labute approximate surface area is 122 Å². The van der Waals surface area contributed by atoms with E-state index in [1.807, 2.05) is 47.0 Å². The summed E-state index contributed by atoms with van der Waals surface area (Å²) >= 11 is 12.3. The van der Waals surface area contributed by atoms with Crippen LogP contribution in [-0.4, -0.2) is 22.0 Å². The van der Waals surface area contributed by atoms with E-state index in [2.05, 4.69) is 37.4 Å². The first-order valence-corrected chi connectivity index (χ1v) is 10.5. The highest BCUT2D eigenvalue weighted by molar-refractivity contribution is 8.42. The van der Waals surface area contributed by atoms with Crippen LogP contribution < -0.4 is 0 Å². The third-order valence-electron chi connectivity index (χ3n) is 2.50. The van der Waals surface area contributed by atoms with Crippen LogP contribution in [-0.2, 0) is 0 Å². The molecule has 3 aliphatic heterocycles. The highest BCUT2D eigenvalue weighted by Crippen LogP contribution is 2.64. The summed E-state index contributed by atoms with van der Waals surface area (Å²) in [5.74, 6) is 2.57. The Kier molecular flexibility index (Phi) is 4.17. The average molecular weight is 325 g/mol. The van der Waals surface area contributed by atoms with Crippen molar-refractivity contribution < 1.29 is 0 Å². The first-order valence-electron chi connectivity index (χ1n) is 5.17. The van der Waals surface area contributed by atoms with E-state index in [1.54, 1.807) is 16.9 Å². The minimum absolute atomic E-state index is 0.770. The van der Waals surface area contributed by atoms with Crippen LogP contribution >= 0.6 is 70.6 Å². The summed E-state index contributed by atoms with van der Waals surface area (Å²) in [5.41, 5.74) is 0. The molecular weight excluding hydrogens is 313 g/mol. The smallest absolute Gasteiger partial charge is 0.0710 e. The molecule has 88 valence electrons. The summed E-state index contributed by atoms with van der Waals surface area (Å²) in [5, 5.41) is 1.54. The summed E-state index contributed by atoms with van der Waals surface area (Å²) in [4.78, 5) is 0. The highest BCUT2D eigenvalue weighted by atomic mass is 32.3. The molecule has 0 nitrogen and oxygen atoms in total. The van der Waals surface area contributed by atoms with Gasteiger partial charge >= 0.3 is 0 Å². The van der Waals surface area contributed by atoms with E-state index in [1.165, 1.54) is 11.5 Å². The molecule has 2 atom stereocenters. The summed E-state index contributed by atoms with van der Waals surface area (Å²) in [6.45, 7) is 4.69. The summed E-state index contributed by atoms with van der Waals surface area (Å²) in [6, 6.07) is 0. The molecule has 0 N–H and O–H groups in total. The molecule has 0 unspecified atom stereocenters. The van der Waals surface area contributed by atoms with Crippen molar-refractivity contribution in [2.45, 2.75) is 24.3 Å². The Morgan fingerprint density at radius 2 is 1.25 bits per heavy atom. The van der Waals surface area contributed by atoms with Crippen molar-refractivity contribution >= 4 is 70.6 Å². The topological polar surface area (TPSA) is 0 Å². The van der Waals surface area contributed by atoms with Crippen molar-refractivity contribution in [1.82, 2.24) is 0 Å². The van der Waals surface area contributed by atoms with Gasteiger partial charge in [0.05, 0.1) is 16.9 Å². The maximum atomic E-state index is 2.34. The predicted molar refractivity (Wildman–Crippen MR) is 88.3 cm³/mol. The second-order valence-corrected chi connectivity index (χ2v) is 11.8. The van der Waals surface area contributed by atoms with E-state index in [4.69, 9.17) is 0 Å². The maximum Gasteiger partial charge on any atom is 0.0710 e. The molecular formula is C10H12S6. The van der Waals surface area contributed by atoms with Crippen molar-refractivity contribution in [2.75, 3.05) is 11.5 Å². The lowest BCUT2D eigenvalue weighted by Crippen LogP contribution is -2.04. The second kappa shape index (κ2) is 5.29. The molecule has 0 aromatic heterocycles. The van der Waals surface area contributed by atoms with E-state index in [0.29, 0.717) is 0 Å². The molecule has 6 heteroatoms. The molecule has 0 aromatic carbocycles. The third-order valence-corrected chi connectivity index (χ3v) is 12.0. The van der Waals surface area contributed by atoms with Gasteiger partial charge in [-0.25, -0.2) is 0 Å². The van der Waals surface area contributed by atoms with Crippen molar-refractivity contribution in [3.05, 3.63) is 16.9 Å². The van der Waals surface area contributed by atoms with Gasteiger partial charge in [-0.15, -0.1) is 47.0 Å². The monoisotopic (exact) mass is 324 g/mol. The normalized spacial score (nSPS) is 34.9. The molecule has 3 rings (SSSR count). The van der Waals surface area contributed by atoms with Gasteiger partial charge in [-0.3, -0.25) is 0 Å². The van der Waals surface area contributed by atoms with Crippen LogP contribution in [0.5, 0.6) is 0 Å². The van der Waals surface area contributed by atoms with Crippen LogP contribution in [0.1, 0.15) is 13.8 Å². The molecule has 1 fully saturated rings. The van der Waals surface area contributed by atoms with E-state index in [0.717, 1.165) is 10.5 Å². The van der Waals surface area contributed by atoms with Crippen LogP contribution in [0.15, 0.2) is 16.9 Å². The lowest BCUT2D eigenvalue weighted by Gasteiger charge is -2.08. The maximum absolute atomic E-state index is 2.34. The molecule has 16 heavy (non-hydrogen) atoms. The van der Waals surface area contributed by atoms with E-state index < -0.39 is 0 Å². The molecule has 0 radical (unpaired) electrons. The van der Waals surface area contributed by atoms with Gasteiger partial charge in [0.2, 0.25) is 0 Å². The zero-order valence-corrected chi connectivity index (χ0v) is 13.9. The summed E-state index contributed by atoms with van der Waals surface area (Å²) < 4.78 is 6.26. The minimum atomic E-state index is 0.770. The van der Waals surface area contributed by atoms with Crippen LogP contribution in [0.2, 0.25) is 0 Å². The fourth-order valence-electron chi connectivity index (χ4n) is 1.45. The molecule has 0 spiro atoms. The van der Waals surface area contributed by atoms with Crippen molar-refractivity contribution in [2.24, 2.45) is 0 Å². The van der Waals surface area contributed by atoms with E-state index in [-0.39, 0.29) is 0 Å². The molecule has 3 aliphatic rings. The average Bonchev–Trinajstić information content (AvgIpc) is 2.83. The van der Waals surface area contributed by atoms with Gasteiger partial charge in [-0.05, 0) is 0 Å². The first kappa shape index (κ1) is 12.6. The van der Waals surface area contributed by atoms with Gasteiger partial charge in [-0.1, -0.05) is 37.4 Å². The molecule has 0 aromatic rings. The number of rotatable bonds is 0. The highest BCUT2D eigenvalue weighted by Gasteiger charge is 2.32. The lowest BCUT2D eigenvalue weighted by molar-refractivity contribution is 0.941. The standard InChI is InChI=1S/C10H12S6/c1-5-6(2)14-9(13-5)10-15-7-8(16-10)12-4-3-11-7/h5-6H,3-4H2,1-2H3/t5-,6-/m0/s1. The van der Waals surface area contributed by atoms with Crippen molar-refractivity contribution in [3.8, 4) is 0 Å².